The van der Waals surface area contributed by atoms with Crippen LogP contribution in [0, 0.1) is 5.82 Å². The van der Waals surface area contributed by atoms with Gasteiger partial charge in [-0.05, 0) is 42.5 Å². The van der Waals surface area contributed by atoms with Gasteiger partial charge in [0, 0.05) is 24.1 Å². The van der Waals surface area contributed by atoms with Gasteiger partial charge in [0.05, 0.1) is 22.4 Å². The number of halogens is 1. The lowest BCUT2D eigenvalue weighted by molar-refractivity contribution is -0.116. The first-order valence-corrected chi connectivity index (χ1v) is 11.9. The third-order valence-electron chi connectivity index (χ3n) is 5.33. The fraction of sp³-hybridized carbons (Fsp3) is 0.0370. The molecule has 0 spiro atoms. The molecule has 9 heteroatoms. The number of thiazole rings is 1. The zero-order chi connectivity index (χ0) is 25.1. The van der Waals surface area contributed by atoms with E-state index in [9.17, 15) is 14.0 Å². The minimum atomic E-state index is -0.527. The molecule has 0 radical (unpaired) electrons. The SMILES string of the molecule is CC(=O)N(c1nc(C=CC(=O)Nc2nc3ccccc3n2-c2ccccc2)cs1)c1ccccc1F. The van der Waals surface area contributed by atoms with Crippen molar-refractivity contribution in [2.45, 2.75) is 6.92 Å². The van der Waals surface area contributed by atoms with Crippen LogP contribution in [0.4, 0.5) is 21.2 Å². The van der Waals surface area contributed by atoms with Crippen LogP contribution in [0.15, 0.2) is 90.3 Å². The molecule has 36 heavy (non-hydrogen) atoms. The molecule has 178 valence electrons. The summed E-state index contributed by atoms with van der Waals surface area (Å²) in [5.41, 5.74) is 3.07. The van der Waals surface area contributed by atoms with E-state index in [0.717, 1.165) is 16.7 Å². The van der Waals surface area contributed by atoms with Crippen molar-refractivity contribution in [3.63, 3.8) is 0 Å². The molecule has 0 bridgehead atoms. The number of amides is 2. The lowest BCUT2D eigenvalue weighted by Gasteiger charge is -2.18. The highest BCUT2D eigenvalue weighted by atomic mass is 32.1. The summed E-state index contributed by atoms with van der Waals surface area (Å²) < 4.78 is 16.2. The number of hydrogen-bond acceptors (Lipinski definition) is 5. The van der Waals surface area contributed by atoms with E-state index in [1.807, 2.05) is 59.2 Å². The zero-order valence-corrected chi connectivity index (χ0v) is 19.9. The van der Waals surface area contributed by atoms with Gasteiger partial charge in [-0.1, -0.05) is 42.5 Å². The van der Waals surface area contributed by atoms with Crippen LogP contribution in [0.2, 0.25) is 0 Å². The van der Waals surface area contributed by atoms with Crippen molar-refractivity contribution in [2.75, 3.05) is 10.2 Å². The molecule has 0 atom stereocenters. The summed E-state index contributed by atoms with van der Waals surface area (Å²) in [4.78, 5) is 35.2. The maximum Gasteiger partial charge on any atom is 0.250 e. The molecule has 5 aromatic rings. The molecule has 0 aliphatic heterocycles. The van der Waals surface area contributed by atoms with Gasteiger partial charge in [0.25, 0.3) is 5.91 Å². The summed E-state index contributed by atoms with van der Waals surface area (Å²) >= 11 is 1.18. The van der Waals surface area contributed by atoms with E-state index in [2.05, 4.69) is 15.3 Å². The van der Waals surface area contributed by atoms with Crippen molar-refractivity contribution in [3.8, 4) is 5.69 Å². The Hall–Kier alpha value is -4.63. The molecule has 0 saturated carbocycles. The van der Waals surface area contributed by atoms with Gasteiger partial charge in [0.2, 0.25) is 11.9 Å². The Morgan fingerprint density at radius 2 is 1.69 bits per heavy atom. The second-order valence-corrected chi connectivity index (χ2v) is 8.62. The summed E-state index contributed by atoms with van der Waals surface area (Å²) in [6.07, 6.45) is 2.87. The van der Waals surface area contributed by atoms with Crippen molar-refractivity contribution in [1.29, 1.82) is 0 Å². The van der Waals surface area contributed by atoms with Gasteiger partial charge in [-0.25, -0.2) is 14.4 Å². The van der Waals surface area contributed by atoms with Gasteiger partial charge >= 0.3 is 0 Å². The highest BCUT2D eigenvalue weighted by Crippen LogP contribution is 2.31. The van der Waals surface area contributed by atoms with Crippen LogP contribution in [-0.4, -0.2) is 26.3 Å². The number of anilines is 3. The fourth-order valence-corrected chi connectivity index (χ4v) is 4.60. The first kappa shape index (κ1) is 23.1. The monoisotopic (exact) mass is 497 g/mol. The van der Waals surface area contributed by atoms with E-state index in [1.54, 1.807) is 17.5 Å². The van der Waals surface area contributed by atoms with Crippen molar-refractivity contribution >= 4 is 57.0 Å². The molecule has 5 rings (SSSR count). The summed E-state index contributed by atoms with van der Waals surface area (Å²) in [7, 11) is 0. The third kappa shape index (κ3) is 4.64. The third-order valence-corrected chi connectivity index (χ3v) is 6.17. The molecule has 0 saturated heterocycles. The van der Waals surface area contributed by atoms with Crippen LogP contribution >= 0.6 is 11.3 Å². The predicted octanol–water partition coefficient (Wildman–Crippen LogP) is 5.96. The highest BCUT2D eigenvalue weighted by molar-refractivity contribution is 7.14. The number of para-hydroxylation sites is 4. The number of carbonyl (C=O) groups excluding carboxylic acids is 2. The average Bonchev–Trinajstić information content (AvgIpc) is 3.49. The van der Waals surface area contributed by atoms with Crippen LogP contribution in [-0.2, 0) is 9.59 Å². The molecule has 2 aromatic heterocycles. The van der Waals surface area contributed by atoms with E-state index in [-0.39, 0.29) is 11.6 Å². The molecular formula is C27H20FN5O2S. The van der Waals surface area contributed by atoms with Gasteiger partial charge in [0.1, 0.15) is 5.82 Å². The summed E-state index contributed by atoms with van der Waals surface area (Å²) in [5, 5.41) is 4.83. The van der Waals surface area contributed by atoms with Gasteiger partial charge < -0.3 is 0 Å². The summed E-state index contributed by atoms with van der Waals surface area (Å²) in [5.74, 6) is -0.906. The molecular weight excluding hydrogens is 477 g/mol. The smallest absolute Gasteiger partial charge is 0.250 e. The molecule has 2 amide bonds. The number of imidazole rings is 1. The number of nitrogens with zero attached hydrogens (tertiary/aromatic N) is 4. The summed E-state index contributed by atoms with van der Waals surface area (Å²) in [6, 6.07) is 23.3. The zero-order valence-electron chi connectivity index (χ0n) is 19.1. The second kappa shape index (κ2) is 9.93. The number of carbonyl (C=O) groups is 2. The number of rotatable bonds is 6. The topological polar surface area (TPSA) is 80.1 Å². The van der Waals surface area contributed by atoms with E-state index < -0.39 is 11.7 Å². The van der Waals surface area contributed by atoms with Crippen LogP contribution < -0.4 is 10.2 Å². The van der Waals surface area contributed by atoms with Crippen LogP contribution in [0.1, 0.15) is 12.6 Å². The highest BCUT2D eigenvalue weighted by Gasteiger charge is 2.20. The number of nitrogens with one attached hydrogen (secondary N) is 1. The largest absolute Gasteiger partial charge is 0.292 e. The molecule has 0 aliphatic rings. The molecule has 0 fully saturated rings. The van der Waals surface area contributed by atoms with Crippen molar-refractivity contribution in [2.24, 2.45) is 0 Å². The number of aromatic nitrogens is 3. The molecule has 7 nitrogen and oxygen atoms in total. The Labute approximate surface area is 210 Å². The van der Waals surface area contributed by atoms with Crippen LogP contribution in [0.3, 0.4) is 0 Å². The normalized spacial score (nSPS) is 11.2. The van der Waals surface area contributed by atoms with E-state index in [1.165, 1.54) is 47.4 Å². The van der Waals surface area contributed by atoms with Crippen molar-refractivity contribution in [1.82, 2.24) is 14.5 Å². The fourth-order valence-electron chi connectivity index (χ4n) is 3.76. The Kier molecular flexibility index (Phi) is 6.38. The van der Waals surface area contributed by atoms with E-state index >= 15 is 0 Å². The van der Waals surface area contributed by atoms with Crippen LogP contribution in [0.5, 0.6) is 0 Å². The van der Waals surface area contributed by atoms with E-state index in [4.69, 9.17) is 0 Å². The Balaban J connectivity index is 1.38. The molecule has 1 N–H and O–H groups in total. The molecule has 0 unspecified atom stereocenters. The lowest BCUT2D eigenvalue weighted by atomic mass is 10.3. The first-order chi connectivity index (χ1) is 17.5. The number of benzene rings is 3. The molecule has 3 aromatic carbocycles. The Morgan fingerprint density at radius 3 is 2.47 bits per heavy atom. The Bertz CT molecular complexity index is 1590. The second-order valence-electron chi connectivity index (χ2n) is 7.78. The number of fused-ring (bicyclic) bond motifs is 1. The maximum absolute atomic E-state index is 14.3. The maximum atomic E-state index is 14.3. The van der Waals surface area contributed by atoms with Gasteiger partial charge in [-0.3, -0.25) is 24.4 Å². The summed E-state index contributed by atoms with van der Waals surface area (Å²) in [6.45, 7) is 1.34. The van der Waals surface area contributed by atoms with Gasteiger partial charge in [-0.2, -0.15) is 0 Å². The van der Waals surface area contributed by atoms with Gasteiger partial charge in [-0.15, -0.1) is 11.3 Å². The standard InChI is InChI=1S/C27H20FN5O2S/c1-18(34)32(23-13-7-5-11-21(23)28)27-29-19(17-36-27)15-16-25(35)31-26-30-22-12-6-8-14-24(22)33(26)20-9-3-2-4-10-20/h2-17H,1H3,(H,30,31,35). The Morgan fingerprint density at radius 1 is 0.972 bits per heavy atom. The first-order valence-electron chi connectivity index (χ1n) is 11.0. The quantitative estimate of drug-likeness (QED) is 0.294. The van der Waals surface area contributed by atoms with Crippen LogP contribution in [0.25, 0.3) is 22.8 Å². The minimum absolute atomic E-state index is 0.118. The van der Waals surface area contributed by atoms with E-state index in [0.29, 0.717) is 16.8 Å². The molecule has 2 heterocycles. The predicted molar refractivity (Wildman–Crippen MR) is 140 cm³/mol. The number of hydrogen-bond donors (Lipinski definition) is 1. The molecule has 0 aliphatic carbocycles. The average molecular weight is 498 g/mol. The lowest BCUT2D eigenvalue weighted by Crippen LogP contribution is -2.23. The van der Waals surface area contributed by atoms with Crippen molar-refractivity contribution < 1.29 is 14.0 Å². The van der Waals surface area contributed by atoms with Gasteiger partial charge in [0.15, 0.2) is 5.13 Å². The minimum Gasteiger partial charge on any atom is -0.292 e. The van der Waals surface area contributed by atoms with Crippen molar-refractivity contribution in [3.05, 3.63) is 102 Å².